The molecule has 0 aliphatic carbocycles. The number of amides is 2. The Kier molecular flexibility index (Phi) is 5.71. The zero-order valence-corrected chi connectivity index (χ0v) is 11.5. The molecule has 0 bridgehead atoms. The summed E-state index contributed by atoms with van der Waals surface area (Å²) < 4.78 is 0. The first-order chi connectivity index (χ1) is 8.54. The average molecular weight is 266 g/mol. The van der Waals surface area contributed by atoms with Crippen LogP contribution in [-0.4, -0.2) is 24.4 Å². The molecule has 5 heteroatoms. The van der Waals surface area contributed by atoms with Crippen LogP contribution in [0.5, 0.6) is 0 Å². The van der Waals surface area contributed by atoms with Crippen molar-refractivity contribution in [2.24, 2.45) is 0 Å². The van der Waals surface area contributed by atoms with Crippen LogP contribution in [-0.2, 0) is 4.79 Å². The lowest BCUT2D eigenvalue weighted by molar-refractivity contribution is -0.122. The highest BCUT2D eigenvalue weighted by molar-refractivity contribution is 7.80. The van der Waals surface area contributed by atoms with E-state index in [0.29, 0.717) is 12.1 Å². The third-order valence-corrected chi connectivity index (χ3v) is 2.72. The van der Waals surface area contributed by atoms with Gasteiger partial charge in [0.25, 0.3) is 5.91 Å². The summed E-state index contributed by atoms with van der Waals surface area (Å²) >= 11 is 4.15. The Hall–Kier alpha value is -1.49. The molecule has 2 amide bonds. The minimum absolute atomic E-state index is 0.170. The van der Waals surface area contributed by atoms with E-state index < -0.39 is 6.04 Å². The molecule has 0 saturated heterocycles. The zero-order valence-electron chi connectivity index (χ0n) is 10.6. The summed E-state index contributed by atoms with van der Waals surface area (Å²) in [7, 11) is 0. The van der Waals surface area contributed by atoms with Gasteiger partial charge in [0.2, 0.25) is 5.91 Å². The van der Waals surface area contributed by atoms with E-state index in [2.05, 4.69) is 23.3 Å². The number of carbonyl (C=O) groups is 2. The predicted octanol–water partition coefficient (Wildman–Crippen LogP) is 1.62. The molecular formula is C13H18N2O2S. The number of rotatable bonds is 5. The third-order valence-electron chi connectivity index (χ3n) is 2.42. The number of nitrogens with one attached hydrogen (secondary N) is 2. The Morgan fingerprint density at radius 2 is 1.89 bits per heavy atom. The van der Waals surface area contributed by atoms with Crippen molar-refractivity contribution in [2.75, 3.05) is 6.54 Å². The van der Waals surface area contributed by atoms with Crippen molar-refractivity contribution in [2.45, 2.75) is 31.2 Å². The van der Waals surface area contributed by atoms with E-state index in [4.69, 9.17) is 0 Å². The summed E-state index contributed by atoms with van der Waals surface area (Å²) in [5, 5.41) is 5.38. The molecule has 0 aliphatic heterocycles. The van der Waals surface area contributed by atoms with Gasteiger partial charge in [0, 0.05) is 17.0 Å². The van der Waals surface area contributed by atoms with Crippen LogP contribution in [0.15, 0.2) is 29.2 Å². The third kappa shape index (κ3) is 4.41. The molecule has 1 aromatic rings. The Bertz CT molecular complexity index is 418. The Labute approximate surface area is 113 Å². The number of hydrogen-bond donors (Lipinski definition) is 3. The maximum atomic E-state index is 11.8. The maximum absolute atomic E-state index is 11.8. The van der Waals surface area contributed by atoms with Crippen LogP contribution in [0.4, 0.5) is 0 Å². The van der Waals surface area contributed by atoms with Gasteiger partial charge in [-0.05, 0) is 37.6 Å². The van der Waals surface area contributed by atoms with Crippen molar-refractivity contribution in [3.8, 4) is 0 Å². The molecule has 1 atom stereocenters. The van der Waals surface area contributed by atoms with E-state index >= 15 is 0 Å². The lowest BCUT2D eigenvalue weighted by atomic mass is 10.2. The fourth-order valence-corrected chi connectivity index (χ4v) is 1.51. The number of hydrogen-bond acceptors (Lipinski definition) is 3. The Morgan fingerprint density at radius 3 is 2.44 bits per heavy atom. The second-order valence-electron chi connectivity index (χ2n) is 4.03. The highest BCUT2D eigenvalue weighted by Crippen LogP contribution is 2.07. The normalized spacial score (nSPS) is 11.7. The van der Waals surface area contributed by atoms with Crippen molar-refractivity contribution in [3.05, 3.63) is 29.8 Å². The first-order valence-electron chi connectivity index (χ1n) is 5.92. The number of carbonyl (C=O) groups excluding carboxylic acids is 2. The van der Waals surface area contributed by atoms with Crippen molar-refractivity contribution in [3.63, 3.8) is 0 Å². The summed E-state index contributed by atoms with van der Waals surface area (Å²) in [6.45, 7) is 4.26. The topological polar surface area (TPSA) is 58.2 Å². The smallest absolute Gasteiger partial charge is 0.251 e. The first-order valence-corrected chi connectivity index (χ1v) is 6.37. The number of benzene rings is 1. The first kappa shape index (κ1) is 14.6. The Balaban J connectivity index is 2.53. The fourth-order valence-electron chi connectivity index (χ4n) is 1.36. The van der Waals surface area contributed by atoms with Crippen molar-refractivity contribution in [1.82, 2.24) is 10.6 Å². The predicted molar refractivity (Wildman–Crippen MR) is 73.9 cm³/mol. The molecule has 0 aliphatic rings. The van der Waals surface area contributed by atoms with Crippen LogP contribution < -0.4 is 10.6 Å². The molecule has 18 heavy (non-hydrogen) atoms. The van der Waals surface area contributed by atoms with E-state index in [-0.39, 0.29) is 11.8 Å². The van der Waals surface area contributed by atoms with Gasteiger partial charge in [0.1, 0.15) is 6.04 Å². The van der Waals surface area contributed by atoms with Gasteiger partial charge >= 0.3 is 0 Å². The minimum atomic E-state index is -0.542. The summed E-state index contributed by atoms with van der Waals surface area (Å²) in [5.74, 6) is -0.432. The van der Waals surface area contributed by atoms with Gasteiger partial charge in [0.05, 0.1) is 0 Å². The van der Waals surface area contributed by atoms with Crippen LogP contribution >= 0.6 is 12.6 Å². The van der Waals surface area contributed by atoms with Crippen molar-refractivity contribution < 1.29 is 9.59 Å². The van der Waals surface area contributed by atoms with Crippen molar-refractivity contribution >= 4 is 24.4 Å². The van der Waals surface area contributed by atoms with Gasteiger partial charge in [-0.2, -0.15) is 0 Å². The highest BCUT2D eigenvalue weighted by Gasteiger charge is 2.15. The summed E-state index contributed by atoms with van der Waals surface area (Å²) in [6.07, 6.45) is 0.871. The molecule has 0 saturated carbocycles. The lowest BCUT2D eigenvalue weighted by Crippen LogP contribution is -2.44. The van der Waals surface area contributed by atoms with E-state index in [9.17, 15) is 9.59 Å². The molecule has 0 radical (unpaired) electrons. The van der Waals surface area contributed by atoms with Gasteiger partial charge < -0.3 is 10.6 Å². The molecule has 2 N–H and O–H groups in total. The summed E-state index contributed by atoms with van der Waals surface area (Å²) in [6, 6.07) is 6.28. The van der Waals surface area contributed by atoms with Crippen LogP contribution in [0.25, 0.3) is 0 Å². The molecule has 1 rings (SSSR count). The second-order valence-corrected chi connectivity index (χ2v) is 4.55. The molecule has 1 unspecified atom stereocenters. The van der Waals surface area contributed by atoms with Gasteiger partial charge in [-0.1, -0.05) is 6.92 Å². The van der Waals surface area contributed by atoms with E-state index in [1.54, 1.807) is 31.2 Å². The Morgan fingerprint density at radius 1 is 1.28 bits per heavy atom. The average Bonchev–Trinajstić information content (AvgIpc) is 2.36. The molecule has 0 spiro atoms. The molecule has 4 nitrogen and oxygen atoms in total. The van der Waals surface area contributed by atoms with Crippen molar-refractivity contribution in [1.29, 1.82) is 0 Å². The van der Waals surface area contributed by atoms with Crippen LogP contribution in [0.1, 0.15) is 30.6 Å². The monoisotopic (exact) mass is 266 g/mol. The highest BCUT2D eigenvalue weighted by atomic mass is 32.1. The number of thiol groups is 1. The summed E-state index contributed by atoms with van der Waals surface area (Å²) in [4.78, 5) is 24.2. The molecule has 1 aromatic carbocycles. The molecule has 0 heterocycles. The zero-order chi connectivity index (χ0) is 13.5. The molecule has 0 aromatic heterocycles. The van der Waals surface area contributed by atoms with E-state index in [1.165, 1.54) is 0 Å². The van der Waals surface area contributed by atoms with Gasteiger partial charge in [-0.15, -0.1) is 12.6 Å². The standard InChI is InChI=1S/C13H18N2O2S/c1-3-8-14-12(16)9(2)15-13(17)10-4-6-11(18)7-5-10/h4-7,9,18H,3,8H2,1-2H3,(H,14,16)(H,15,17). The van der Waals surface area contributed by atoms with Gasteiger partial charge in [0.15, 0.2) is 0 Å². The second kappa shape index (κ2) is 7.06. The molecule has 98 valence electrons. The SMILES string of the molecule is CCCNC(=O)C(C)NC(=O)c1ccc(S)cc1. The van der Waals surface area contributed by atoms with E-state index in [0.717, 1.165) is 11.3 Å². The van der Waals surface area contributed by atoms with Crippen LogP contribution in [0, 0.1) is 0 Å². The van der Waals surface area contributed by atoms with Crippen LogP contribution in [0.3, 0.4) is 0 Å². The minimum Gasteiger partial charge on any atom is -0.354 e. The maximum Gasteiger partial charge on any atom is 0.251 e. The van der Waals surface area contributed by atoms with E-state index in [1.807, 2.05) is 6.92 Å². The largest absolute Gasteiger partial charge is 0.354 e. The van der Waals surface area contributed by atoms with Gasteiger partial charge in [-0.25, -0.2) is 0 Å². The summed E-state index contributed by atoms with van der Waals surface area (Å²) in [5.41, 5.74) is 0.517. The van der Waals surface area contributed by atoms with Gasteiger partial charge in [-0.3, -0.25) is 9.59 Å². The molecular weight excluding hydrogens is 248 g/mol. The van der Waals surface area contributed by atoms with Crippen LogP contribution in [0.2, 0.25) is 0 Å². The quantitative estimate of drug-likeness (QED) is 0.709. The fraction of sp³-hybridized carbons (Fsp3) is 0.385. The molecule has 0 fully saturated rings. The lowest BCUT2D eigenvalue weighted by Gasteiger charge is -2.13.